The molecular formula is C14H23NO. The lowest BCUT2D eigenvalue weighted by Crippen LogP contribution is -2.46. The Balaban J connectivity index is 1.67. The molecule has 16 heavy (non-hydrogen) atoms. The van der Waals surface area contributed by atoms with Gasteiger partial charge in [-0.2, -0.15) is 0 Å². The first kappa shape index (κ1) is 10.8. The van der Waals surface area contributed by atoms with Crippen molar-refractivity contribution in [3.8, 4) is 0 Å². The molecule has 0 aromatic heterocycles. The Hall–Kier alpha value is -0.370. The molecule has 4 fully saturated rings. The molecule has 4 saturated carbocycles. The number of carbonyl (C=O) groups excluding carboxylic acids is 1. The lowest BCUT2D eigenvalue weighted by Gasteiger charge is -2.57. The summed E-state index contributed by atoms with van der Waals surface area (Å²) in [6, 6.07) is 0. The van der Waals surface area contributed by atoms with Crippen molar-refractivity contribution >= 4 is 5.78 Å². The average Bonchev–Trinajstić information content (AvgIpc) is 2.24. The number of rotatable bonds is 4. The van der Waals surface area contributed by atoms with Crippen molar-refractivity contribution in [2.75, 3.05) is 6.54 Å². The number of hydrogen-bond acceptors (Lipinski definition) is 2. The third-order valence-electron chi connectivity index (χ3n) is 5.33. The Labute approximate surface area is 98.0 Å². The van der Waals surface area contributed by atoms with Crippen LogP contribution in [0.2, 0.25) is 0 Å². The molecule has 2 heteroatoms. The lowest BCUT2D eigenvalue weighted by atomic mass is 9.48. The normalized spacial score (nSPS) is 44.9. The Bertz CT molecular complexity index is 262. The van der Waals surface area contributed by atoms with E-state index in [2.05, 4.69) is 0 Å². The highest BCUT2D eigenvalue weighted by Gasteiger charge is 2.50. The molecule has 2 nitrogen and oxygen atoms in total. The summed E-state index contributed by atoms with van der Waals surface area (Å²) in [5.41, 5.74) is 5.96. The molecule has 0 spiro atoms. The van der Waals surface area contributed by atoms with Crippen LogP contribution in [0.3, 0.4) is 0 Å². The minimum atomic E-state index is 0.242. The molecule has 0 aromatic rings. The molecule has 0 atom stereocenters. The van der Waals surface area contributed by atoms with Gasteiger partial charge in [0.15, 0.2) is 0 Å². The Morgan fingerprint density at radius 3 is 2.00 bits per heavy atom. The summed E-state index contributed by atoms with van der Waals surface area (Å²) in [7, 11) is 0. The largest absolute Gasteiger partial charge is 0.324 e. The quantitative estimate of drug-likeness (QED) is 0.792. The molecule has 0 heterocycles. The monoisotopic (exact) mass is 221 g/mol. The molecule has 0 radical (unpaired) electrons. The van der Waals surface area contributed by atoms with E-state index < -0.39 is 0 Å². The number of ketones is 1. The molecular weight excluding hydrogens is 198 g/mol. The summed E-state index contributed by atoms with van der Waals surface area (Å²) in [6.45, 7) is 0.242. The highest BCUT2D eigenvalue weighted by molar-refractivity contribution is 5.80. The van der Waals surface area contributed by atoms with Gasteiger partial charge in [0.05, 0.1) is 6.54 Å². The zero-order valence-electron chi connectivity index (χ0n) is 10.1. The van der Waals surface area contributed by atoms with E-state index >= 15 is 0 Å². The van der Waals surface area contributed by atoms with Gasteiger partial charge in [-0.3, -0.25) is 4.79 Å². The van der Waals surface area contributed by atoms with E-state index in [1.54, 1.807) is 0 Å². The van der Waals surface area contributed by atoms with Gasteiger partial charge in [0.2, 0.25) is 0 Å². The van der Waals surface area contributed by atoms with Crippen LogP contribution in [0.1, 0.15) is 51.4 Å². The maximum absolute atomic E-state index is 11.4. The molecule has 0 unspecified atom stereocenters. The lowest BCUT2D eigenvalue weighted by molar-refractivity contribution is -0.120. The van der Waals surface area contributed by atoms with Crippen molar-refractivity contribution in [2.24, 2.45) is 28.9 Å². The zero-order valence-corrected chi connectivity index (χ0v) is 10.1. The summed E-state index contributed by atoms with van der Waals surface area (Å²) in [6.07, 6.45) is 10.6. The van der Waals surface area contributed by atoms with Gasteiger partial charge in [-0.25, -0.2) is 0 Å². The first-order valence-electron chi connectivity index (χ1n) is 6.91. The number of hydrogen-bond donors (Lipinski definition) is 1. The fourth-order valence-corrected chi connectivity index (χ4v) is 5.10. The minimum absolute atomic E-state index is 0.242. The van der Waals surface area contributed by atoms with E-state index in [1.807, 2.05) is 0 Å². The fourth-order valence-electron chi connectivity index (χ4n) is 5.10. The van der Waals surface area contributed by atoms with Gasteiger partial charge in [0.1, 0.15) is 5.78 Å². The van der Waals surface area contributed by atoms with Crippen LogP contribution in [-0.2, 0) is 4.79 Å². The molecule has 90 valence electrons. The molecule has 0 saturated heterocycles. The summed E-state index contributed by atoms with van der Waals surface area (Å²) in [5.74, 6) is 3.26. The Morgan fingerprint density at radius 1 is 1.06 bits per heavy atom. The van der Waals surface area contributed by atoms with E-state index in [0.29, 0.717) is 5.41 Å². The Kier molecular flexibility index (Phi) is 2.58. The van der Waals surface area contributed by atoms with Gasteiger partial charge in [-0.05, 0) is 68.1 Å². The molecule has 4 aliphatic carbocycles. The van der Waals surface area contributed by atoms with Crippen LogP contribution < -0.4 is 5.73 Å². The summed E-state index contributed by atoms with van der Waals surface area (Å²) >= 11 is 0. The second kappa shape index (κ2) is 3.83. The van der Waals surface area contributed by atoms with E-state index in [1.165, 1.54) is 38.5 Å². The highest BCUT2D eigenvalue weighted by atomic mass is 16.1. The standard InChI is InChI=1S/C14H23NO/c15-9-13(16)1-2-14-6-10-3-11(7-14)5-12(4-10)8-14/h10-12H,1-9,15H2. The predicted molar refractivity (Wildman–Crippen MR) is 63.9 cm³/mol. The summed E-state index contributed by atoms with van der Waals surface area (Å²) in [5, 5.41) is 0. The maximum atomic E-state index is 11.4. The van der Waals surface area contributed by atoms with Crippen LogP contribution in [-0.4, -0.2) is 12.3 Å². The van der Waals surface area contributed by atoms with E-state index in [4.69, 9.17) is 5.73 Å². The predicted octanol–water partition coefficient (Wildman–Crippen LogP) is 2.51. The van der Waals surface area contributed by atoms with Crippen LogP contribution in [0, 0.1) is 23.2 Å². The SMILES string of the molecule is NCC(=O)CCC12CC3CC(CC(C3)C1)C2. The van der Waals surface area contributed by atoms with Crippen molar-refractivity contribution in [2.45, 2.75) is 51.4 Å². The number of nitrogens with two attached hydrogens (primary N) is 1. The third kappa shape index (κ3) is 1.81. The van der Waals surface area contributed by atoms with E-state index in [-0.39, 0.29) is 12.3 Å². The van der Waals surface area contributed by atoms with Crippen LogP contribution in [0.4, 0.5) is 0 Å². The Morgan fingerprint density at radius 2 is 1.56 bits per heavy atom. The van der Waals surface area contributed by atoms with Crippen molar-refractivity contribution in [3.63, 3.8) is 0 Å². The van der Waals surface area contributed by atoms with Crippen LogP contribution >= 0.6 is 0 Å². The summed E-state index contributed by atoms with van der Waals surface area (Å²) in [4.78, 5) is 11.4. The maximum Gasteiger partial charge on any atom is 0.146 e. The van der Waals surface area contributed by atoms with Crippen molar-refractivity contribution in [1.82, 2.24) is 0 Å². The molecule has 2 N–H and O–H groups in total. The van der Waals surface area contributed by atoms with Gasteiger partial charge < -0.3 is 5.73 Å². The van der Waals surface area contributed by atoms with Gasteiger partial charge >= 0.3 is 0 Å². The number of Topliss-reactive ketones (excluding diaryl/α,β-unsaturated/α-hetero) is 1. The second-order valence-corrected chi connectivity index (χ2v) is 6.66. The van der Waals surface area contributed by atoms with Crippen LogP contribution in [0.5, 0.6) is 0 Å². The first-order chi connectivity index (χ1) is 7.69. The van der Waals surface area contributed by atoms with Crippen molar-refractivity contribution < 1.29 is 4.79 Å². The van der Waals surface area contributed by atoms with Crippen molar-refractivity contribution in [3.05, 3.63) is 0 Å². The van der Waals surface area contributed by atoms with Crippen molar-refractivity contribution in [1.29, 1.82) is 0 Å². The highest BCUT2D eigenvalue weighted by Crippen LogP contribution is 2.61. The number of carbonyl (C=O) groups is 1. The first-order valence-corrected chi connectivity index (χ1v) is 6.91. The fraction of sp³-hybridized carbons (Fsp3) is 0.929. The molecule has 4 bridgehead atoms. The zero-order chi connectivity index (χ0) is 11.2. The van der Waals surface area contributed by atoms with Gasteiger partial charge in [0, 0.05) is 6.42 Å². The second-order valence-electron chi connectivity index (χ2n) is 6.66. The van der Waals surface area contributed by atoms with Gasteiger partial charge in [-0.1, -0.05) is 0 Å². The summed E-state index contributed by atoms with van der Waals surface area (Å²) < 4.78 is 0. The topological polar surface area (TPSA) is 43.1 Å². The third-order valence-corrected chi connectivity index (χ3v) is 5.33. The molecule has 0 amide bonds. The van der Waals surface area contributed by atoms with Crippen LogP contribution in [0.15, 0.2) is 0 Å². The van der Waals surface area contributed by atoms with Crippen LogP contribution in [0.25, 0.3) is 0 Å². The average molecular weight is 221 g/mol. The van der Waals surface area contributed by atoms with Gasteiger partial charge in [-0.15, -0.1) is 0 Å². The minimum Gasteiger partial charge on any atom is -0.324 e. The smallest absolute Gasteiger partial charge is 0.146 e. The van der Waals surface area contributed by atoms with E-state index in [9.17, 15) is 4.79 Å². The molecule has 0 aliphatic heterocycles. The van der Waals surface area contributed by atoms with Gasteiger partial charge in [0.25, 0.3) is 0 Å². The van der Waals surface area contributed by atoms with E-state index in [0.717, 1.165) is 30.6 Å². The molecule has 0 aromatic carbocycles. The molecule has 4 aliphatic rings. The molecule has 4 rings (SSSR count).